The van der Waals surface area contributed by atoms with Crippen LogP contribution >= 0.6 is 0 Å². The van der Waals surface area contributed by atoms with Crippen molar-refractivity contribution in [2.24, 2.45) is 0 Å². The van der Waals surface area contributed by atoms with Gasteiger partial charge in [0.15, 0.2) is 0 Å². The Morgan fingerprint density at radius 2 is 1.71 bits per heavy atom. The number of benzene rings is 2. The van der Waals surface area contributed by atoms with Gasteiger partial charge in [-0.3, -0.25) is 9.69 Å². The van der Waals surface area contributed by atoms with Gasteiger partial charge in [0.2, 0.25) is 5.91 Å². The first-order chi connectivity index (χ1) is 11.5. The Bertz CT molecular complexity index is 665. The molecule has 0 aliphatic carbocycles. The molecule has 4 heteroatoms. The zero-order valence-corrected chi connectivity index (χ0v) is 15.0. The zero-order chi connectivity index (χ0) is 17.5. The second-order valence-electron chi connectivity index (χ2n) is 6.23. The van der Waals surface area contributed by atoms with E-state index in [4.69, 9.17) is 0 Å². The number of aryl methyl sites for hydroxylation is 1. The van der Waals surface area contributed by atoms with Crippen molar-refractivity contribution < 1.29 is 4.79 Å². The molecule has 0 spiro atoms. The molecule has 128 valence electrons. The molecular formula is C20H27N3O. The number of hydrogen-bond donors (Lipinski definition) is 1. The van der Waals surface area contributed by atoms with Gasteiger partial charge in [0, 0.05) is 32.0 Å². The highest BCUT2D eigenvalue weighted by molar-refractivity contribution is 5.92. The summed E-state index contributed by atoms with van der Waals surface area (Å²) >= 11 is 0. The molecular weight excluding hydrogens is 298 g/mol. The average Bonchev–Trinajstić information content (AvgIpc) is 2.56. The predicted molar refractivity (Wildman–Crippen MR) is 102 cm³/mol. The Hall–Kier alpha value is -2.33. The second-order valence-corrected chi connectivity index (χ2v) is 6.23. The second kappa shape index (κ2) is 8.50. The molecule has 2 aromatic carbocycles. The lowest BCUT2D eigenvalue weighted by Gasteiger charge is -2.21. The molecule has 0 fully saturated rings. The summed E-state index contributed by atoms with van der Waals surface area (Å²) in [5, 5.41) is 3.00. The number of amides is 1. The Labute approximate surface area is 145 Å². The van der Waals surface area contributed by atoms with Crippen molar-refractivity contribution >= 4 is 17.3 Å². The van der Waals surface area contributed by atoms with Crippen LogP contribution in [0, 0.1) is 6.92 Å². The minimum atomic E-state index is 0.0241. The number of anilines is 2. The number of hydrogen-bond acceptors (Lipinski definition) is 3. The lowest BCUT2D eigenvalue weighted by atomic mass is 10.2. The van der Waals surface area contributed by atoms with Crippen molar-refractivity contribution in [2.45, 2.75) is 20.4 Å². The van der Waals surface area contributed by atoms with Crippen LogP contribution in [-0.2, 0) is 11.3 Å². The summed E-state index contributed by atoms with van der Waals surface area (Å²) in [5.74, 6) is 0.0241. The third-order valence-electron chi connectivity index (χ3n) is 4.09. The Morgan fingerprint density at radius 1 is 1.04 bits per heavy atom. The molecule has 0 aliphatic heterocycles. The molecule has 2 rings (SSSR count). The molecule has 0 bridgehead atoms. The molecule has 0 atom stereocenters. The number of likely N-dealkylation sites (N-methyl/N-ethyl adjacent to an activating group) is 1. The normalized spacial score (nSPS) is 10.7. The van der Waals surface area contributed by atoms with E-state index in [1.807, 2.05) is 45.3 Å². The van der Waals surface area contributed by atoms with Crippen LogP contribution in [0.4, 0.5) is 11.4 Å². The van der Waals surface area contributed by atoms with Crippen molar-refractivity contribution in [2.75, 3.05) is 37.4 Å². The van der Waals surface area contributed by atoms with Crippen LogP contribution in [0.15, 0.2) is 48.5 Å². The standard InChI is InChI=1S/C20H27N3O/c1-5-23(14-17-10-12-18(13-11-17)22(3)4)15-20(24)21-19-9-7-6-8-16(19)2/h6-13H,5,14-15H2,1-4H3,(H,21,24). The van der Waals surface area contributed by atoms with Gasteiger partial charge in [0.25, 0.3) is 0 Å². The number of carbonyl (C=O) groups excluding carboxylic acids is 1. The maximum atomic E-state index is 12.3. The Balaban J connectivity index is 1.94. The molecule has 0 unspecified atom stereocenters. The van der Waals surface area contributed by atoms with Gasteiger partial charge in [-0.15, -0.1) is 0 Å². The van der Waals surface area contributed by atoms with E-state index in [1.165, 1.54) is 11.3 Å². The Morgan fingerprint density at radius 3 is 2.29 bits per heavy atom. The van der Waals surface area contributed by atoms with E-state index in [0.29, 0.717) is 6.54 Å². The van der Waals surface area contributed by atoms with Crippen LogP contribution in [0.5, 0.6) is 0 Å². The number of para-hydroxylation sites is 1. The van der Waals surface area contributed by atoms with E-state index in [1.54, 1.807) is 0 Å². The predicted octanol–water partition coefficient (Wildman–Crippen LogP) is 3.52. The minimum Gasteiger partial charge on any atom is -0.378 e. The fourth-order valence-corrected chi connectivity index (χ4v) is 2.54. The van der Waals surface area contributed by atoms with Gasteiger partial charge in [0.1, 0.15) is 0 Å². The number of carbonyl (C=O) groups is 1. The summed E-state index contributed by atoms with van der Waals surface area (Å²) in [6.07, 6.45) is 0. The monoisotopic (exact) mass is 325 g/mol. The average molecular weight is 325 g/mol. The summed E-state index contributed by atoms with van der Waals surface area (Å²) in [6, 6.07) is 16.3. The lowest BCUT2D eigenvalue weighted by Crippen LogP contribution is -2.32. The fraction of sp³-hybridized carbons (Fsp3) is 0.350. The summed E-state index contributed by atoms with van der Waals surface area (Å²) < 4.78 is 0. The van der Waals surface area contributed by atoms with Gasteiger partial charge in [-0.25, -0.2) is 0 Å². The van der Waals surface area contributed by atoms with Crippen LogP contribution < -0.4 is 10.2 Å². The van der Waals surface area contributed by atoms with Gasteiger partial charge < -0.3 is 10.2 Å². The van der Waals surface area contributed by atoms with Crippen LogP contribution in [0.3, 0.4) is 0 Å². The molecule has 0 radical (unpaired) electrons. The zero-order valence-electron chi connectivity index (χ0n) is 15.0. The molecule has 4 nitrogen and oxygen atoms in total. The number of nitrogens with zero attached hydrogens (tertiary/aromatic N) is 2. The molecule has 24 heavy (non-hydrogen) atoms. The van der Waals surface area contributed by atoms with Gasteiger partial charge in [-0.1, -0.05) is 37.3 Å². The van der Waals surface area contributed by atoms with E-state index >= 15 is 0 Å². The van der Waals surface area contributed by atoms with Crippen LogP contribution in [-0.4, -0.2) is 38.0 Å². The molecule has 1 amide bonds. The third-order valence-corrected chi connectivity index (χ3v) is 4.09. The molecule has 0 saturated heterocycles. The van der Waals surface area contributed by atoms with Crippen molar-refractivity contribution in [3.05, 3.63) is 59.7 Å². The van der Waals surface area contributed by atoms with Gasteiger partial charge in [-0.2, -0.15) is 0 Å². The van der Waals surface area contributed by atoms with E-state index in [2.05, 4.69) is 46.3 Å². The third kappa shape index (κ3) is 5.10. The molecule has 0 heterocycles. The number of nitrogens with one attached hydrogen (secondary N) is 1. The highest BCUT2D eigenvalue weighted by Gasteiger charge is 2.11. The van der Waals surface area contributed by atoms with Crippen molar-refractivity contribution in [1.29, 1.82) is 0 Å². The largest absolute Gasteiger partial charge is 0.378 e. The van der Waals surface area contributed by atoms with Crippen LogP contribution in [0.1, 0.15) is 18.1 Å². The van der Waals surface area contributed by atoms with Crippen LogP contribution in [0.25, 0.3) is 0 Å². The fourth-order valence-electron chi connectivity index (χ4n) is 2.54. The maximum Gasteiger partial charge on any atom is 0.238 e. The molecule has 0 aliphatic rings. The first-order valence-electron chi connectivity index (χ1n) is 8.33. The molecule has 2 aromatic rings. The van der Waals surface area contributed by atoms with Gasteiger partial charge >= 0.3 is 0 Å². The van der Waals surface area contributed by atoms with Gasteiger partial charge in [-0.05, 0) is 42.8 Å². The van der Waals surface area contributed by atoms with Crippen molar-refractivity contribution in [3.8, 4) is 0 Å². The number of rotatable bonds is 7. The molecule has 0 saturated carbocycles. The highest BCUT2D eigenvalue weighted by atomic mass is 16.2. The lowest BCUT2D eigenvalue weighted by molar-refractivity contribution is -0.117. The van der Waals surface area contributed by atoms with E-state index < -0.39 is 0 Å². The van der Waals surface area contributed by atoms with E-state index in [9.17, 15) is 4.79 Å². The molecule has 1 N–H and O–H groups in total. The first-order valence-corrected chi connectivity index (χ1v) is 8.33. The van der Waals surface area contributed by atoms with E-state index in [-0.39, 0.29) is 5.91 Å². The SMILES string of the molecule is CCN(CC(=O)Nc1ccccc1C)Cc1ccc(N(C)C)cc1. The van der Waals surface area contributed by atoms with Gasteiger partial charge in [0.05, 0.1) is 6.54 Å². The smallest absolute Gasteiger partial charge is 0.238 e. The van der Waals surface area contributed by atoms with E-state index in [0.717, 1.165) is 24.3 Å². The van der Waals surface area contributed by atoms with Crippen molar-refractivity contribution in [3.63, 3.8) is 0 Å². The summed E-state index contributed by atoms with van der Waals surface area (Å²) in [4.78, 5) is 16.5. The summed E-state index contributed by atoms with van der Waals surface area (Å²) in [7, 11) is 4.06. The minimum absolute atomic E-state index is 0.0241. The highest BCUT2D eigenvalue weighted by Crippen LogP contribution is 2.15. The van der Waals surface area contributed by atoms with Crippen LogP contribution in [0.2, 0.25) is 0 Å². The van der Waals surface area contributed by atoms with Crippen molar-refractivity contribution in [1.82, 2.24) is 4.90 Å². The Kier molecular flexibility index (Phi) is 6.38. The molecule has 0 aromatic heterocycles. The topological polar surface area (TPSA) is 35.6 Å². The summed E-state index contributed by atoms with van der Waals surface area (Å²) in [5.41, 5.74) is 4.35. The maximum absolute atomic E-state index is 12.3. The quantitative estimate of drug-likeness (QED) is 0.846. The first kappa shape index (κ1) is 18.0. The summed E-state index contributed by atoms with van der Waals surface area (Å²) in [6.45, 7) is 6.07.